The predicted octanol–water partition coefficient (Wildman–Crippen LogP) is 2.53. The van der Waals surface area contributed by atoms with Crippen LogP contribution < -0.4 is 4.57 Å². The number of hydrogen-bond acceptors (Lipinski definition) is 1. The molecule has 2 nitrogen and oxygen atoms in total. The van der Waals surface area contributed by atoms with Crippen LogP contribution in [0.1, 0.15) is 5.56 Å². The zero-order chi connectivity index (χ0) is 12.7. The molecule has 0 radical (unpaired) electrons. The van der Waals surface area contributed by atoms with Gasteiger partial charge in [-0.05, 0) is 0 Å². The zero-order valence-electron chi connectivity index (χ0n) is 10.3. The Morgan fingerprint density at radius 3 is 2.72 bits per heavy atom. The first kappa shape index (κ1) is 11.8. The second kappa shape index (κ2) is 4.47. The van der Waals surface area contributed by atoms with Gasteiger partial charge in [-0.25, -0.2) is 0 Å². The second-order valence-electron chi connectivity index (χ2n) is 4.30. The molecule has 2 aromatic heterocycles. The predicted molar refractivity (Wildman–Crippen MR) is 76.1 cm³/mol. The van der Waals surface area contributed by atoms with Crippen molar-refractivity contribution in [3.05, 3.63) is 51.7 Å². The van der Waals surface area contributed by atoms with E-state index in [4.69, 9.17) is 0 Å². The number of para-hydroxylation sites is 1. The van der Waals surface area contributed by atoms with Crippen LogP contribution in [-0.2, 0) is 7.05 Å². The number of aromatic nitrogens is 2. The van der Waals surface area contributed by atoms with Gasteiger partial charge in [0.15, 0.2) is 0 Å². The molecule has 1 aromatic carbocycles. The van der Waals surface area contributed by atoms with E-state index in [0.29, 0.717) is 0 Å². The van der Waals surface area contributed by atoms with Crippen molar-refractivity contribution in [2.75, 3.05) is 0 Å². The molecular weight excluding hydrogens is 307 g/mol. The van der Waals surface area contributed by atoms with Crippen LogP contribution in [0.25, 0.3) is 16.0 Å². The number of fused-ring (bicyclic) bond motifs is 1. The van der Waals surface area contributed by atoms with Crippen molar-refractivity contribution in [2.45, 2.75) is 6.92 Å². The van der Waals surface area contributed by atoms with E-state index in [2.05, 4.69) is 81.3 Å². The number of rotatable bonds is 1. The Balaban J connectivity index is 2.47. The van der Waals surface area contributed by atoms with Crippen molar-refractivity contribution >= 4 is 37.3 Å². The van der Waals surface area contributed by atoms with Crippen molar-refractivity contribution in [3.8, 4) is 5.69 Å². The van der Waals surface area contributed by atoms with Crippen LogP contribution in [0, 0.1) is 10.4 Å². The summed E-state index contributed by atoms with van der Waals surface area (Å²) < 4.78 is 6.92. The SMILES string of the molecule is Cc1ccccc1-n1c(=[Se])sc2ccc[n+](C)c21. The average Bonchev–Trinajstić information content (AvgIpc) is 2.68. The molecule has 0 fully saturated rings. The summed E-state index contributed by atoms with van der Waals surface area (Å²) in [6.45, 7) is 2.15. The van der Waals surface area contributed by atoms with Crippen molar-refractivity contribution < 1.29 is 4.57 Å². The molecule has 0 unspecified atom stereocenters. The van der Waals surface area contributed by atoms with E-state index < -0.39 is 0 Å². The molecule has 0 amide bonds. The van der Waals surface area contributed by atoms with Crippen molar-refractivity contribution in [3.63, 3.8) is 0 Å². The van der Waals surface area contributed by atoms with Crippen molar-refractivity contribution in [1.29, 1.82) is 0 Å². The van der Waals surface area contributed by atoms with Crippen LogP contribution >= 0.6 is 11.3 Å². The molecule has 0 N–H and O–H groups in total. The first-order chi connectivity index (χ1) is 8.68. The van der Waals surface area contributed by atoms with Gasteiger partial charge in [-0.15, -0.1) is 0 Å². The molecule has 0 saturated heterocycles. The Hall–Kier alpha value is -1.22. The summed E-state index contributed by atoms with van der Waals surface area (Å²) in [5.74, 6) is 0. The van der Waals surface area contributed by atoms with Gasteiger partial charge in [0.25, 0.3) is 0 Å². The third kappa shape index (κ3) is 1.77. The van der Waals surface area contributed by atoms with E-state index in [0.717, 1.165) is 0 Å². The van der Waals surface area contributed by atoms with Crippen LogP contribution in [-0.4, -0.2) is 20.1 Å². The number of pyridine rings is 1. The molecule has 0 aliphatic heterocycles. The van der Waals surface area contributed by atoms with Crippen LogP contribution in [0.5, 0.6) is 0 Å². The second-order valence-corrected chi connectivity index (χ2v) is 6.72. The molecule has 0 atom stereocenters. The minimum atomic E-state index is 1.18. The van der Waals surface area contributed by atoms with Gasteiger partial charge in [0.1, 0.15) is 0 Å². The number of hydrogen-bond donors (Lipinski definition) is 0. The molecular formula is C14H13N2SSe+. The fourth-order valence-electron chi connectivity index (χ4n) is 2.18. The van der Waals surface area contributed by atoms with Gasteiger partial charge in [0.2, 0.25) is 0 Å². The quantitative estimate of drug-likeness (QED) is 0.481. The van der Waals surface area contributed by atoms with Gasteiger partial charge >= 0.3 is 118 Å². The van der Waals surface area contributed by atoms with Crippen LogP contribution in [0.15, 0.2) is 42.6 Å². The Labute approximate surface area is 117 Å². The van der Waals surface area contributed by atoms with Crippen LogP contribution in [0.3, 0.4) is 0 Å². The van der Waals surface area contributed by atoms with Crippen LogP contribution in [0.2, 0.25) is 0 Å². The summed E-state index contributed by atoms with van der Waals surface area (Å²) in [6.07, 6.45) is 2.09. The van der Waals surface area contributed by atoms with Gasteiger partial charge in [0, 0.05) is 0 Å². The summed E-state index contributed by atoms with van der Waals surface area (Å²) in [4.78, 5) is 0. The van der Waals surface area contributed by atoms with Crippen molar-refractivity contribution in [1.82, 2.24) is 4.57 Å². The maximum atomic E-state index is 3.18. The Morgan fingerprint density at radius 1 is 1.17 bits per heavy atom. The Morgan fingerprint density at radius 2 is 1.94 bits per heavy atom. The van der Waals surface area contributed by atoms with E-state index in [-0.39, 0.29) is 0 Å². The molecule has 90 valence electrons. The minimum absolute atomic E-state index is 1.18. The van der Waals surface area contributed by atoms with Crippen molar-refractivity contribution in [2.24, 2.45) is 7.05 Å². The molecule has 0 spiro atoms. The van der Waals surface area contributed by atoms with E-state index in [1.165, 1.54) is 25.1 Å². The molecule has 3 rings (SSSR count). The van der Waals surface area contributed by atoms with E-state index >= 15 is 0 Å². The van der Waals surface area contributed by atoms with Crippen LogP contribution in [0.4, 0.5) is 0 Å². The van der Waals surface area contributed by atoms with Gasteiger partial charge in [-0.3, -0.25) is 0 Å². The third-order valence-electron chi connectivity index (χ3n) is 3.06. The molecule has 0 saturated carbocycles. The number of thiazole rings is 1. The maximum absolute atomic E-state index is 3.18. The molecule has 3 aromatic rings. The fraction of sp³-hybridized carbons (Fsp3) is 0.143. The summed E-state index contributed by atoms with van der Waals surface area (Å²) in [5.41, 5.74) is 3.74. The van der Waals surface area contributed by atoms with Gasteiger partial charge < -0.3 is 0 Å². The standard InChI is InChI=1S/C14H13N2SSe/c1-10-6-3-4-7-11(10)16-13-12(17-14(16)18)8-5-9-15(13)2/h3-9H,1-2H3/q+1. The number of benzene rings is 1. The zero-order valence-corrected chi connectivity index (χ0v) is 12.8. The first-order valence-electron chi connectivity index (χ1n) is 5.74. The Kier molecular flexibility index (Phi) is 2.94. The van der Waals surface area contributed by atoms with Gasteiger partial charge in [-0.2, -0.15) is 0 Å². The number of aryl methyl sites for hydroxylation is 2. The normalized spacial score (nSPS) is 11.0. The summed E-state index contributed by atoms with van der Waals surface area (Å²) in [7, 11) is 2.09. The third-order valence-corrected chi connectivity index (χ3v) is 4.86. The average molecular weight is 320 g/mol. The monoisotopic (exact) mass is 321 g/mol. The summed E-state index contributed by atoms with van der Waals surface area (Å²) in [5, 5.41) is 0. The summed E-state index contributed by atoms with van der Waals surface area (Å²) in [6, 6.07) is 12.7. The molecule has 0 bridgehead atoms. The molecule has 0 aliphatic carbocycles. The number of nitrogens with zero attached hydrogens (tertiary/aromatic N) is 2. The molecule has 2 heterocycles. The van der Waals surface area contributed by atoms with E-state index in [1.807, 2.05) is 0 Å². The van der Waals surface area contributed by atoms with Gasteiger partial charge in [-0.1, -0.05) is 0 Å². The van der Waals surface area contributed by atoms with Gasteiger partial charge in [0.05, 0.1) is 0 Å². The molecule has 4 heteroatoms. The molecule has 0 aliphatic rings. The fourth-order valence-corrected chi connectivity index (χ4v) is 4.07. The first-order valence-corrected chi connectivity index (χ1v) is 7.42. The topological polar surface area (TPSA) is 8.81 Å². The summed E-state index contributed by atoms with van der Waals surface area (Å²) >= 11 is 4.96. The Bertz CT molecular complexity index is 786. The van der Waals surface area contributed by atoms with E-state index in [1.54, 1.807) is 11.3 Å². The van der Waals surface area contributed by atoms with E-state index in [9.17, 15) is 0 Å². The molecule has 18 heavy (non-hydrogen) atoms.